The molecule has 30 heavy (non-hydrogen) atoms. The number of esters is 1. The standard InChI is InChI=1S/C22H21ClN2O5/c1-3-4-12-30-22(28)16-10-5-6-11-17(16)25-20(26)18(23)19(21(25)27)24-14-8-7-9-15(13-14)29-2/h5-11,13,24H,3-4,12H2,1-2H3. The number of nitrogens with one attached hydrogen (secondary N) is 1. The van der Waals surface area contributed by atoms with Crippen LogP contribution in [0.4, 0.5) is 11.4 Å². The number of halogens is 1. The SMILES string of the molecule is CCCCOC(=O)c1ccccc1N1C(=O)C(Cl)=C(Nc2cccc(OC)c2)C1=O. The van der Waals surface area contributed by atoms with Crippen molar-refractivity contribution in [3.8, 4) is 5.75 Å². The third-order valence-corrected chi connectivity index (χ3v) is 4.81. The topological polar surface area (TPSA) is 84.9 Å². The van der Waals surface area contributed by atoms with Crippen LogP contribution in [-0.2, 0) is 14.3 Å². The lowest BCUT2D eigenvalue weighted by Gasteiger charge is -2.18. The number of unbranched alkanes of at least 4 members (excludes halogenated alkanes) is 1. The van der Waals surface area contributed by atoms with Gasteiger partial charge in [0, 0.05) is 11.8 Å². The lowest BCUT2D eigenvalue weighted by molar-refractivity contribution is -0.120. The molecule has 2 aromatic rings. The van der Waals surface area contributed by atoms with Crippen LogP contribution in [0.3, 0.4) is 0 Å². The zero-order valence-electron chi connectivity index (χ0n) is 16.6. The number of anilines is 2. The molecule has 2 amide bonds. The third kappa shape index (κ3) is 4.31. The van der Waals surface area contributed by atoms with Crippen molar-refractivity contribution >= 4 is 40.8 Å². The highest BCUT2D eigenvalue weighted by Crippen LogP contribution is 2.33. The van der Waals surface area contributed by atoms with Gasteiger partial charge < -0.3 is 14.8 Å². The largest absolute Gasteiger partial charge is 0.497 e. The second-order valence-electron chi connectivity index (χ2n) is 6.50. The van der Waals surface area contributed by atoms with E-state index in [1.807, 2.05) is 6.92 Å². The van der Waals surface area contributed by atoms with Crippen molar-refractivity contribution in [2.45, 2.75) is 19.8 Å². The minimum absolute atomic E-state index is 0.0796. The van der Waals surface area contributed by atoms with E-state index in [2.05, 4.69) is 5.32 Å². The van der Waals surface area contributed by atoms with Crippen LogP contribution in [0.15, 0.2) is 59.3 Å². The Morgan fingerprint density at radius 3 is 2.60 bits per heavy atom. The summed E-state index contributed by atoms with van der Waals surface area (Å²) in [5.41, 5.74) is 0.679. The molecule has 8 heteroatoms. The van der Waals surface area contributed by atoms with Crippen LogP contribution in [-0.4, -0.2) is 31.5 Å². The van der Waals surface area contributed by atoms with E-state index < -0.39 is 17.8 Å². The summed E-state index contributed by atoms with van der Waals surface area (Å²) < 4.78 is 10.4. The van der Waals surface area contributed by atoms with Gasteiger partial charge in [-0.05, 0) is 30.7 Å². The van der Waals surface area contributed by atoms with Crippen molar-refractivity contribution in [3.05, 3.63) is 64.8 Å². The number of nitrogens with zero attached hydrogens (tertiary/aromatic N) is 1. The zero-order chi connectivity index (χ0) is 21.7. The minimum Gasteiger partial charge on any atom is -0.497 e. The summed E-state index contributed by atoms with van der Waals surface area (Å²) in [6.07, 6.45) is 1.59. The van der Waals surface area contributed by atoms with Gasteiger partial charge in [-0.1, -0.05) is 43.1 Å². The van der Waals surface area contributed by atoms with Gasteiger partial charge in [0.25, 0.3) is 11.8 Å². The molecule has 0 radical (unpaired) electrons. The summed E-state index contributed by atoms with van der Waals surface area (Å²) in [5, 5.41) is 2.61. The van der Waals surface area contributed by atoms with E-state index in [-0.39, 0.29) is 28.6 Å². The molecule has 1 aliphatic heterocycles. The first-order chi connectivity index (χ1) is 14.5. The highest BCUT2D eigenvalue weighted by molar-refractivity contribution is 6.53. The number of carbonyl (C=O) groups excluding carboxylic acids is 3. The second kappa shape index (κ2) is 9.45. The molecule has 1 N–H and O–H groups in total. The molecule has 0 fully saturated rings. The van der Waals surface area contributed by atoms with Crippen molar-refractivity contribution in [2.24, 2.45) is 0 Å². The van der Waals surface area contributed by atoms with E-state index >= 15 is 0 Å². The lowest BCUT2D eigenvalue weighted by atomic mass is 10.1. The van der Waals surface area contributed by atoms with Gasteiger partial charge in [-0.15, -0.1) is 0 Å². The van der Waals surface area contributed by atoms with Gasteiger partial charge in [0.05, 0.1) is 25.0 Å². The number of hydrogen-bond acceptors (Lipinski definition) is 6. The zero-order valence-corrected chi connectivity index (χ0v) is 17.4. The Labute approximate surface area is 179 Å². The fourth-order valence-electron chi connectivity index (χ4n) is 2.90. The highest BCUT2D eigenvalue weighted by Gasteiger charge is 2.40. The second-order valence-corrected chi connectivity index (χ2v) is 6.88. The summed E-state index contributed by atoms with van der Waals surface area (Å²) in [4.78, 5) is 39.2. The van der Waals surface area contributed by atoms with Crippen LogP contribution in [0.25, 0.3) is 0 Å². The monoisotopic (exact) mass is 428 g/mol. The van der Waals surface area contributed by atoms with Crippen LogP contribution in [0.1, 0.15) is 30.1 Å². The molecule has 0 aliphatic carbocycles. The number of rotatable bonds is 8. The van der Waals surface area contributed by atoms with Crippen LogP contribution in [0.2, 0.25) is 0 Å². The van der Waals surface area contributed by atoms with Gasteiger partial charge in [0.15, 0.2) is 0 Å². The summed E-state index contributed by atoms with van der Waals surface area (Å²) in [7, 11) is 1.52. The molecular formula is C22H21ClN2O5. The van der Waals surface area contributed by atoms with Crippen LogP contribution in [0, 0.1) is 0 Å². The molecule has 2 aromatic carbocycles. The number of hydrogen-bond donors (Lipinski definition) is 1. The fourth-order valence-corrected chi connectivity index (χ4v) is 3.12. The molecule has 0 aromatic heterocycles. The van der Waals surface area contributed by atoms with E-state index in [0.717, 1.165) is 17.7 Å². The van der Waals surface area contributed by atoms with Crippen LogP contribution >= 0.6 is 11.6 Å². The Kier molecular flexibility index (Phi) is 6.74. The molecule has 0 unspecified atom stereocenters. The summed E-state index contributed by atoms with van der Waals surface area (Å²) in [6, 6.07) is 13.1. The molecule has 156 valence electrons. The molecule has 1 aliphatic rings. The Hall–Kier alpha value is -3.32. The molecule has 7 nitrogen and oxygen atoms in total. The first kappa shape index (κ1) is 21.4. The number of ether oxygens (including phenoxy) is 2. The molecule has 0 spiro atoms. The van der Waals surface area contributed by atoms with E-state index in [9.17, 15) is 14.4 Å². The smallest absolute Gasteiger partial charge is 0.340 e. The van der Waals surface area contributed by atoms with E-state index in [1.54, 1.807) is 36.4 Å². The number of methoxy groups -OCH3 is 1. The fraction of sp³-hybridized carbons (Fsp3) is 0.227. The van der Waals surface area contributed by atoms with Gasteiger partial charge >= 0.3 is 5.97 Å². The van der Waals surface area contributed by atoms with Gasteiger partial charge in [-0.2, -0.15) is 0 Å². The van der Waals surface area contributed by atoms with Crippen molar-refractivity contribution in [1.29, 1.82) is 0 Å². The van der Waals surface area contributed by atoms with Crippen LogP contribution in [0.5, 0.6) is 5.75 Å². The molecular weight excluding hydrogens is 408 g/mol. The predicted molar refractivity (Wildman–Crippen MR) is 114 cm³/mol. The van der Waals surface area contributed by atoms with Gasteiger partial charge in [0.2, 0.25) is 0 Å². The van der Waals surface area contributed by atoms with Crippen LogP contribution < -0.4 is 15.0 Å². The Morgan fingerprint density at radius 1 is 1.10 bits per heavy atom. The van der Waals surface area contributed by atoms with Gasteiger partial charge in [0.1, 0.15) is 16.5 Å². The number of benzene rings is 2. The maximum absolute atomic E-state index is 13.0. The van der Waals surface area contributed by atoms with E-state index in [1.165, 1.54) is 19.2 Å². The molecule has 1 heterocycles. The minimum atomic E-state index is -0.721. The summed E-state index contributed by atoms with van der Waals surface area (Å²) in [6.45, 7) is 2.24. The van der Waals surface area contributed by atoms with Crippen molar-refractivity contribution in [2.75, 3.05) is 23.9 Å². The molecule has 0 saturated carbocycles. The van der Waals surface area contributed by atoms with Crippen molar-refractivity contribution < 1.29 is 23.9 Å². The summed E-state index contributed by atoms with van der Waals surface area (Å²) in [5.74, 6) is -1.42. The quantitative estimate of drug-likeness (QED) is 0.387. The maximum atomic E-state index is 13.0. The average molecular weight is 429 g/mol. The maximum Gasteiger partial charge on any atom is 0.340 e. The number of imide groups is 1. The lowest BCUT2D eigenvalue weighted by Crippen LogP contribution is -2.33. The third-order valence-electron chi connectivity index (χ3n) is 4.46. The van der Waals surface area contributed by atoms with Gasteiger partial charge in [-0.25, -0.2) is 9.69 Å². The predicted octanol–water partition coefficient (Wildman–Crippen LogP) is 4.09. The number of para-hydroxylation sites is 1. The van der Waals surface area contributed by atoms with Crippen molar-refractivity contribution in [1.82, 2.24) is 0 Å². The van der Waals surface area contributed by atoms with E-state index in [4.69, 9.17) is 21.1 Å². The Balaban J connectivity index is 1.88. The molecule has 0 saturated heterocycles. The average Bonchev–Trinajstić information content (AvgIpc) is 2.97. The van der Waals surface area contributed by atoms with Crippen molar-refractivity contribution in [3.63, 3.8) is 0 Å². The summed E-state index contributed by atoms with van der Waals surface area (Å²) >= 11 is 6.18. The molecule has 0 atom stereocenters. The highest BCUT2D eigenvalue weighted by atomic mass is 35.5. The van der Waals surface area contributed by atoms with Gasteiger partial charge in [-0.3, -0.25) is 9.59 Å². The molecule has 0 bridgehead atoms. The normalized spacial score (nSPS) is 13.6. The Bertz CT molecular complexity index is 1020. The van der Waals surface area contributed by atoms with E-state index in [0.29, 0.717) is 11.4 Å². The molecule has 3 rings (SSSR count). The number of amides is 2. The number of carbonyl (C=O) groups is 3. The Morgan fingerprint density at radius 2 is 1.87 bits per heavy atom. The first-order valence-electron chi connectivity index (χ1n) is 9.43. The first-order valence-corrected chi connectivity index (χ1v) is 9.81.